The van der Waals surface area contributed by atoms with Crippen molar-refractivity contribution >= 4 is 16.0 Å². The average molecular weight is 257 g/mol. The van der Waals surface area contributed by atoms with Gasteiger partial charge in [-0.25, -0.2) is 8.42 Å². The first-order chi connectivity index (χ1) is 7.88. The number of aliphatic carboxylic acids is 1. The van der Waals surface area contributed by atoms with Crippen molar-refractivity contribution in [3.8, 4) is 0 Å². The maximum absolute atomic E-state index is 12.0. The van der Waals surface area contributed by atoms with E-state index in [1.165, 1.54) is 13.0 Å². The summed E-state index contributed by atoms with van der Waals surface area (Å²) < 4.78 is 26.0. The molecule has 94 valence electrons. The van der Waals surface area contributed by atoms with Crippen LogP contribution in [0.15, 0.2) is 29.2 Å². The third-order valence-electron chi connectivity index (χ3n) is 2.35. The molecular weight excluding hydrogens is 242 g/mol. The second kappa shape index (κ2) is 5.29. The minimum atomic E-state index is -3.78. The third-order valence-corrected chi connectivity index (χ3v) is 3.99. The van der Waals surface area contributed by atoms with Crippen LogP contribution in [0.4, 0.5) is 0 Å². The molecule has 0 spiro atoms. The van der Waals surface area contributed by atoms with Crippen LogP contribution >= 0.6 is 0 Å². The Kier molecular flexibility index (Phi) is 4.25. The Morgan fingerprint density at radius 2 is 2.00 bits per heavy atom. The summed E-state index contributed by atoms with van der Waals surface area (Å²) in [4.78, 5) is 10.8. The Bertz CT molecular complexity index is 510. The fourth-order valence-electron chi connectivity index (χ4n) is 1.40. The minimum absolute atomic E-state index is 0.135. The van der Waals surface area contributed by atoms with E-state index in [0.29, 0.717) is 12.0 Å². The van der Waals surface area contributed by atoms with Gasteiger partial charge in [-0.3, -0.25) is 4.79 Å². The van der Waals surface area contributed by atoms with Gasteiger partial charge in [-0.05, 0) is 25.0 Å². The molecule has 0 saturated heterocycles. The van der Waals surface area contributed by atoms with E-state index in [4.69, 9.17) is 5.11 Å². The first-order valence-corrected chi connectivity index (χ1v) is 6.70. The van der Waals surface area contributed by atoms with Crippen LogP contribution in [0.1, 0.15) is 19.4 Å². The van der Waals surface area contributed by atoms with Gasteiger partial charge in [0.25, 0.3) is 0 Å². The highest BCUT2D eigenvalue weighted by Crippen LogP contribution is 2.16. The smallest absolute Gasteiger partial charge is 0.321 e. The molecule has 0 saturated carbocycles. The molecule has 0 bridgehead atoms. The first-order valence-electron chi connectivity index (χ1n) is 5.21. The van der Waals surface area contributed by atoms with E-state index in [0.717, 1.165) is 0 Å². The van der Waals surface area contributed by atoms with Crippen molar-refractivity contribution in [2.45, 2.75) is 31.2 Å². The first kappa shape index (κ1) is 13.7. The summed E-state index contributed by atoms with van der Waals surface area (Å²) in [5.41, 5.74) is 0.664. The summed E-state index contributed by atoms with van der Waals surface area (Å²) in [7, 11) is -3.78. The number of carboxylic acid groups (broad SMARTS) is 1. The predicted molar refractivity (Wildman–Crippen MR) is 63.2 cm³/mol. The average Bonchev–Trinajstić information content (AvgIpc) is 2.28. The lowest BCUT2D eigenvalue weighted by Crippen LogP contribution is -2.38. The highest BCUT2D eigenvalue weighted by Gasteiger charge is 2.22. The van der Waals surface area contributed by atoms with Crippen molar-refractivity contribution in [3.63, 3.8) is 0 Å². The molecule has 1 rings (SSSR count). The van der Waals surface area contributed by atoms with E-state index in [1.807, 2.05) is 6.92 Å². The fourth-order valence-corrected chi connectivity index (χ4v) is 2.91. The van der Waals surface area contributed by atoms with Crippen molar-refractivity contribution in [3.05, 3.63) is 29.8 Å². The van der Waals surface area contributed by atoms with Gasteiger partial charge in [0.1, 0.15) is 6.04 Å². The van der Waals surface area contributed by atoms with Gasteiger partial charge in [0.2, 0.25) is 10.0 Å². The molecule has 1 atom stereocenters. The predicted octanol–water partition coefficient (Wildman–Crippen LogP) is 1.00. The largest absolute Gasteiger partial charge is 0.480 e. The standard InChI is InChI=1S/C11H15NO4S/c1-3-9-6-4-5-7-10(9)17(15,16)12-8(2)11(13)14/h4-8,12H,3H2,1-2H3,(H,13,14)/t8-/m1/s1. The second-order valence-electron chi connectivity index (χ2n) is 3.64. The van der Waals surface area contributed by atoms with E-state index in [2.05, 4.69) is 4.72 Å². The van der Waals surface area contributed by atoms with Crippen molar-refractivity contribution < 1.29 is 18.3 Å². The fraction of sp³-hybridized carbons (Fsp3) is 0.364. The number of aryl methyl sites for hydroxylation is 1. The number of carboxylic acids is 1. The van der Waals surface area contributed by atoms with Crippen LogP contribution in [0, 0.1) is 0 Å². The number of benzene rings is 1. The molecule has 2 N–H and O–H groups in total. The van der Waals surface area contributed by atoms with E-state index in [-0.39, 0.29) is 4.90 Å². The Hall–Kier alpha value is -1.40. The van der Waals surface area contributed by atoms with Gasteiger partial charge in [0.15, 0.2) is 0 Å². The molecule has 17 heavy (non-hydrogen) atoms. The highest BCUT2D eigenvalue weighted by atomic mass is 32.2. The minimum Gasteiger partial charge on any atom is -0.480 e. The zero-order chi connectivity index (χ0) is 13.1. The molecule has 0 fully saturated rings. The van der Waals surface area contributed by atoms with E-state index < -0.39 is 22.0 Å². The molecule has 0 aliphatic rings. The third kappa shape index (κ3) is 3.28. The molecule has 0 unspecified atom stereocenters. The summed E-state index contributed by atoms with van der Waals surface area (Å²) in [6, 6.07) is 5.39. The van der Waals surface area contributed by atoms with Gasteiger partial charge in [0, 0.05) is 0 Å². The summed E-state index contributed by atoms with van der Waals surface area (Å²) in [6.07, 6.45) is 0.568. The SMILES string of the molecule is CCc1ccccc1S(=O)(=O)N[C@H](C)C(=O)O. The van der Waals surface area contributed by atoms with Crippen molar-refractivity contribution in [1.29, 1.82) is 0 Å². The molecule has 5 nitrogen and oxygen atoms in total. The lowest BCUT2D eigenvalue weighted by Gasteiger charge is -2.12. The van der Waals surface area contributed by atoms with Crippen LogP contribution in [0.5, 0.6) is 0 Å². The van der Waals surface area contributed by atoms with Crippen LogP contribution in [0.25, 0.3) is 0 Å². The summed E-state index contributed by atoms with van der Waals surface area (Å²) >= 11 is 0. The van der Waals surface area contributed by atoms with E-state index in [9.17, 15) is 13.2 Å². The molecule has 6 heteroatoms. The molecule has 0 radical (unpaired) electrons. The summed E-state index contributed by atoms with van der Waals surface area (Å²) in [5, 5.41) is 8.69. The number of hydrogen-bond donors (Lipinski definition) is 2. The lowest BCUT2D eigenvalue weighted by molar-refractivity contribution is -0.138. The van der Waals surface area contributed by atoms with Crippen LogP contribution in [-0.2, 0) is 21.2 Å². The molecule has 0 amide bonds. The van der Waals surface area contributed by atoms with Crippen LogP contribution in [-0.4, -0.2) is 25.5 Å². The Morgan fingerprint density at radius 3 is 2.53 bits per heavy atom. The number of nitrogens with one attached hydrogen (secondary N) is 1. The molecule has 0 aromatic heterocycles. The Morgan fingerprint density at radius 1 is 1.41 bits per heavy atom. The van der Waals surface area contributed by atoms with Crippen LogP contribution in [0.2, 0.25) is 0 Å². The normalized spacial score (nSPS) is 13.3. The van der Waals surface area contributed by atoms with Gasteiger partial charge >= 0.3 is 5.97 Å². The quantitative estimate of drug-likeness (QED) is 0.824. The van der Waals surface area contributed by atoms with Crippen LogP contribution < -0.4 is 4.72 Å². The lowest BCUT2D eigenvalue weighted by atomic mass is 10.2. The number of rotatable bonds is 5. The van der Waals surface area contributed by atoms with Gasteiger partial charge in [-0.1, -0.05) is 25.1 Å². The summed E-state index contributed by atoms with van der Waals surface area (Å²) in [5.74, 6) is -1.21. The number of carbonyl (C=O) groups is 1. The van der Waals surface area contributed by atoms with Crippen molar-refractivity contribution in [2.75, 3.05) is 0 Å². The summed E-state index contributed by atoms with van der Waals surface area (Å²) in [6.45, 7) is 3.13. The monoisotopic (exact) mass is 257 g/mol. The maximum atomic E-state index is 12.0. The van der Waals surface area contributed by atoms with Crippen molar-refractivity contribution in [1.82, 2.24) is 4.72 Å². The molecule has 0 aliphatic carbocycles. The van der Waals surface area contributed by atoms with E-state index in [1.54, 1.807) is 18.2 Å². The maximum Gasteiger partial charge on any atom is 0.321 e. The topological polar surface area (TPSA) is 83.5 Å². The Balaban J connectivity index is 3.09. The zero-order valence-electron chi connectivity index (χ0n) is 9.67. The van der Waals surface area contributed by atoms with Gasteiger partial charge < -0.3 is 5.11 Å². The van der Waals surface area contributed by atoms with Gasteiger partial charge in [-0.15, -0.1) is 0 Å². The molecule has 1 aromatic rings. The number of sulfonamides is 1. The molecule has 0 heterocycles. The molecule has 1 aromatic carbocycles. The Labute approximate surface area is 101 Å². The van der Waals surface area contributed by atoms with Gasteiger partial charge in [0.05, 0.1) is 4.90 Å². The molecular formula is C11H15NO4S. The second-order valence-corrected chi connectivity index (χ2v) is 5.32. The molecule has 0 aliphatic heterocycles. The number of hydrogen-bond acceptors (Lipinski definition) is 3. The van der Waals surface area contributed by atoms with Crippen molar-refractivity contribution in [2.24, 2.45) is 0 Å². The van der Waals surface area contributed by atoms with Gasteiger partial charge in [-0.2, -0.15) is 4.72 Å². The zero-order valence-corrected chi connectivity index (χ0v) is 10.5. The van der Waals surface area contributed by atoms with Crippen LogP contribution in [0.3, 0.4) is 0 Å². The van der Waals surface area contributed by atoms with E-state index >= 15 is 0 Å². The highest BCUT2D eigenvalue weighted by molar-refractivity contribution is 7.89.